The maximum absolute atomic E-state index is 13.9. The molecular formula is C25H27F3O2. The van der Waals surface area contributed by atoms with Crippen LogP contribution in [-0.2, 0) is 16.1 Å². The molecule has 2 fully saturated rings. The summed E-state index contributed by atoms with van der Waals surface area (Å²) in [4.78, 5) is 0. The SMILES string of the molecule is C=Cc1ccc(C2CCC(C3COC(c4cc(F)c(CF)c(F)c4)OC3)CC2)cc1. The Balaban J connectivity index is 1.30. The van der Waals surface area contributed by atoms with Crippen molar-refractivity contribution in [3.63, 3.8) is 0 Å². The van der Waals surface area contributed by atoms with Crippen LogP contribution in [0.3, 0.4) is 0 Å². The average molecular weight is 416 g/mol. The average Bonchev–Trinajstić information content (AvgIpc) is 2.79. The van der Waals surface area contributed by atoms with E-state index in [9.17, 15) is 13.2 Å². The van der Waals surface area contributed by atoms with Crippen LogP contribution in [0.25, 0.3) is 6.08 Å². The topological polar surface area (TPSA) is 18.5 Å². The first kappa shape index (κ1) is 21.1. The number of halogens is 3. The number of hydrogen-bond acceptors (Lipinski definition) is 2. The Labute approximate surface area is 175 Å². The molecule has 0 unspecified atom stereocenters. The number of alkyl halides is 1. The van der Waals surface area contributed by atoms with Gasteiger partial charge in [-0.15, -0.1) is 0 Å². The summed E-state index contributed by atoms with van der Waals surface area (Å²) in [7, 11) is 0. The molecule has 4 rings (SSSR count). The summed E-state index contributed by atoms with van der Waals surface area (Å²) in [6, 6.07) is 10.8. The molecule has 1 saturated heterocycles. The van der Waals surface area contributed by atoms with E-state index in [-0.39, 0.29) is 11.5 Å². The Kier molecular flexibility index (Phi) is 6.59. The van der Waals surface area contributed by atoms with E-state index in [2.05, 4.69) is 30.8 Å². The zero-order valence-electron chi connectivity index (χ0n) is 17.0. The molecule has 0 aromatic heterocycles. The van der Waals surface area contributed by atoms with Crippen molar-refractivity contribution in [3.8, 4) is 0 Å². The summed E-state index contributed by atoms with van der Waals surface area (Å²) in [6.45, 7) is 3.63. The van der Waals surface area contributed by atoms with Crippen LogP contribution in [0.4, 0.5) is 13.2 Å². The fraction of sp³-hybridized carbons (Fsp3) is 0.440. The Hall–Kier alpha value is -2.11. The Morgan fingerprint density at radius 3 is 2.00 bits per heavy atom. The molecule has 1 heterocycles. The number of benzene rings is 2. The Morgan fingerprint density at radius 2 is 1.47 bits per heavy atom. The normalized spacial score (nSPS) is 27.0. The summed E-state index contributed by atoms with van der Waals surface area (Å²) in [5.41, 5.74) is 2.23. The highest BCUT2D eigenvalue weighted by Gasteiger charge is 2.33. The van der Waals surface area contributed by atoms with E-state index in [1.165, 1.54) is 5.56 Å². The third-order valence-corrected chi connectivity index (χ3v) is 6.57. The quantitative estimate of drug-likeness (QED) is 0.539. The highest BCUT2D eigenvalue weighted by Crippen LogP contribution is 2.41. The predicted octanol–water partition coefficient (Wildman–Crippen LogP) is 6.71. The summed E-state index contributed by atoms with van der Waals surface area (Å²) < 4.78 is 52.0. The minimum Gasteiger partial charge on any atom is -0.348 e. The van der Waals surface area contributed by atoms with Gasteiger partial charge in [0, 0.05) is 11.5 Å². The van der Waals surface area contributed by atoms with Crippen molar-refractivity contribution in [1.29, 1.82) is 0 Å². The van der Waals surface area contributed by atoms with Gasteiger partial charge < -0.3 is 9.47 Å². The fourth-order valence-corrected chi connectivity index (χ4v) is 4.70. The van der Waals surface area contributed by atoms with Crippen molar-refractivity contribution < 1.29 is 22.6 Å². The molecule has 5 heteroatoms. The van der Waals surface area contributed by atoms with Crippen molar-refractivity contribution in [1.82, 2.24) is 0 Å². The maximum atomic E-state index is 13.9. The summed E-state index contributed by atoms with van der Waals surface area (Å²) in [5.74, 6) is -0.414. The molecule has 2 aromatic carbocycles. The van der Waals surface area contributed by atoms with Gasteiger partial charge in [-0.3, -0.25) is 0 Å². The minimum atomic E-state index is -1.17. The molecule has 0 spiro atoms. The summed E-state index contributed by atoms with van der Waals surface area (Å²) in [5, 5.41) is 0. The fourth-order valence-electron chi connectivity index (χ4n) is 4.70. The molecule has 0 radical (unpaired) electrons. The number of hydrogen-bond donors (Lipinski definition) is 0. The zero-order chi connectivity index (χ0) is 21.1. The summed E-state index contributed by atoms with van der Waals surface area (Å²) >= 11 is 0. The third kappa shape index (κ3) is 4.47. The molecule has 1 aliphatic heterocycles. The van der Waals surface area contributed by atoms with Gasteiger partial charge in [0.1, 0.15) is 18.3 Å². The van der Waals surface area contributed by atoms with Crippen LogP contribution in [-0.4, -0.2) is 13.2 Å². The van der Waals surface area contributed by atoms with E-state index in [0.717, 1.165) is 43.4 Å². The molecule has 0 atom stereocenters. The lowest BCUT2D eigenvalue weighted by molar-refractivity contribution is -0.214. The molecule has 2 aliphatic rings. The van der Waals surface area contributed by atoms with Crippen LogP contribution in [0.1, 0.15) is 60.1 Å². The Morgan fingerprint density at radius 1 is 0.867 bits per heavy atom. The van der Waals surface area contributed by atoms with Gasteiger partial charge in [0.25, 0.3) is 0 Å². The first-order chi connectivity index (χ1) is 14.6. The van der Waals surface area contributed by atoms with Crippen molar-refractivity contribution in [2.24, 2.45) is 11.8 Å². The smallest absolute Gasteiger partial charge is 0.184 e. The molecule has 2 aromatic rings. The number of rotatable bonds is 5. The molecule has 1 saturated carbocycles. The molecule has 160 valence electrons. The monoisotopic (exact) mass is 416 g/mol. The van der Waals surface area contributed by atoms with E-state index >= 15 is 0 Å². The van der Waals surface area contributed by atoms with Gasteiger partial charge >= 0.3 is 0 Å². The van der Waals surface area contributed by atoms with Gasteiger partial charge in [0.2, 0.25) is 0 Å². The molecule has 0 bridgehead atoms. The van der Waals surface area contributed by atoms with Crippen LogP contribution >= 0.6 is 0 Å². The van der Waals surface area contributed by atoms with Gasteiger partial charge in [-0.05, 0) is 60.8 Å². The van der Waals surface area contributed by atoms with Crippen molar-refractivity contribution >= 4 is 6.08 Å². The molecule has 0 N–H and O–H groups in total. The van der Waals surface area contributed by atoms with Crippen molar-refractivity contribution in [2.75, 3.05) is 13.2 Å². The van der Waals surface area contributed by atoms with E-state index in [1.807, 2.05) is 6.08 Å². The first-order valence-electron chi connectivity index (χ1n) is 10.6. The largest absolute Gasteiger partial charge is 0.348 e. The van der Waals surface area contributed by atoms with Gasteiger partial charge in [-0.25, -0.2) is 13.2 Å². The molecule has 30 heavy (non-hydrogen) atoms. The second-order valence-corrected chi connectivity index (χ2v) is 8.34. The van der Waals surface area contributed by atoms with Crippen LogP contribution in [0, 0.1) is 23.5 Å². The van der Waals surface area contributed by atoms with E-state index in [4.69, 9.17) is 9.47 Å². The van der Waals surface area contributed by atoms with E-state index in [0.29, 0.717) is 25.0 Å². The van der Waals surface area contributed by atoms with E-state index < -0.39 is 30.2 Å². The number of ether oxygens (including phenoxy) is 2. The van der Waals surface area contributed by atoms with Crippen molar-refractivity contribution in [3.05, 3.63) is 76.9 Å². The maximum Gasteiger partial charge on any atom is 0.184 e. The standard InChI is InChI=1S/C25H27F3O2/c1-2-16-3-5-17(6-4-16)18-7-9-19(10-8-18)21-14-29-25(30-15-21)20-11-23(27)22(13-26)24(28)12-20/h2-6,11-12,18-19,21,25H,1,7-10,13-15H2. The lowest BCUT2D eigenvalue weighted by Crippen LogP contribution is -2.34. The second kappa shape index (κ2) is 9.36. The molecule has 0 amide bonds. The zero-order valence-corrected chi connectivity index (χ0v) is 17.0. The molecule has 2 nitrogen and oxygen atoms in total. The van der Waals surface area contributed by atoms with Crippen molar-refractivity contribution in [2.45, 2.75) is 44.6 Å². The van der Waals surface area contributed by atoms with Crippen LogP contribution in [0.15, 0.2) is 43.0 Å². The first-order valence-corrected chi connectivity index (χ1v) is 10.6. The third-order valence-electron chi connectivity index (χ3n) is 6.57. The van der Waals surface area contributed by atoms with Crippen LogP contribution in [0.5, 0.6) is 0 Å². The van der Waals surface area contributed by atoms with Crippen LogP contribution in [0.2, 0.25) is 0 Å². The minimum absolute atomic E-state index is 0.257. The molecular weight excluding hydrogens is 389 g/mol. The van der Waals surface area contributed by atoms with Gasteiger partial charge in [-0.1, -0.05) is 36.9 Å². The van der Waals surface area contributed by atoms with Gasteiger partial charge in [-0.2, -0.15) is 0 Å². The van der Waals surface area contributed by atoms with Crippen LogP contribution < -0.4 is 0 Å². The Bertz CT molecular complexity index is 841. The lowest BCUT2D eigenvalue weighted by Gasteiger charge is -2.38. The highest BCUT2D eigenvalue weighted by molar-refractivity contribution is 5.47. The lowest BCUT2D eigenvalue weighted by atomic mass is 9.74. The van der Waals surface area contributed by atoms with Gasteiger partial charge in [0.15, 0.2) is 6.29 Å². The van der Waals surface area contributed by atoms with E-state index in [1.54, 1.807) is 0 Å². The van der Waals surface area contributed by atoms with Gasteiger partial charge in [0.05, 0.1) is 18.8 Å². The molecule has 1 aliphatic carbocycles. The highest BCUT2D eigenvalue weighted by atomic mass is 19.1. The summed E-state index contributed by atoms with van der Waals surface area (Å²) in [6.07, 6.45) is 5.56. The second-order valence-electron chi connectivity index (χ2n) is 8.34. The predicted molar refractivity (Wildman–Crippen MR) is 111 cm³/mol.